The lowest BCUT2D eigenvalue weighted by Gasteiger charge is -2.20. The molecule has 0 aliphatic carbocycles. The van der Waals surface area contributed by atoms with Crippen LogP contribution in [0, 0.1) is 0 Å². The maximum atomic E-state index is 13.4. The predicted molar refractivity (Wildman–Crippen MR) is 104 cm³/mol. The summed E-state index contributed by atoms with van der Waals surface area (Å²) in [5, 5.41) is 1.72. The van der Waals surface area contributed by atoms with Gasteiger partial charge in [0.15, 0.2) is 5.69 Å². The zero-order valence-electron chi connectivity index (χ0n) is 17.7. The number of hydrogen-bond donors (Lipinski definition) is 1. The molecule has 0 saturated heterocycles. The van der Waals surface area contributed by atoms with E-state index in [2.05, 4.69) is 4.98 Å². The maximum Gasteiger partial charge on any atom is 0.433 e. The van der Waals surface area contributed by atoms with E-state index >= 15 is 0 Å². The van der Waals surface area contributed by atoms with Gasteiger partial charge in [0.25, 0.3) is 5.56 Å². The van der Waals surface area contributed by atoms with E-state index in [9.17, 15) is 57.5 Å². The third-order valence-electron chi connectivity index (χ3n) is 4.82. The second kappa shape index (κ2) is 9.30. The minimum Gasteiger partial charge on any atom is -0.325 e. The predicted octanol–water partition coefficient (Wildman–Crippen LogP) is 7.11. The molecule has 3 aromatic rings. The van der Waals surface area contributed by atoms with Crippen LogP contribution in [0.2, 0.25) is 0 Å². The molecular formula is C21H11F12N3O. The number of rotatable bonds is 4. The van der Waals surface area contributed by atoms with Gasteiger partial charge < -0.3 is 5.32 Å². The van der Waals surface area contributed by atoms with Crippen LogP contribution >= 0.6 is 0 Å². The fraction of sp³-hybridized carbons (Fsp3) is 0.238. The smallest absolute Gasteiger partial charge is 0.325 e. The fourth-order valence-electron chi connectivity index (χ4n) is 3.07. The minimum atomic E-state index is -5.27. The number of aromatic nitrogens is 2. The average molecular weight is 549 g/mol. The quantitative estimate of drug-likeness (QED) is 0.353. The van der Waals surface area contributed by atoms with Crippen molar-refractivity contribution in [3.8, 4) is 0 Å². The van der Waals surface area contributed by atoms with Crippen molar-refractivity contribution < 1.29 is 52.7 Å². The Balaban J connectivity index is 2.17. The molecule has 37 heavy (non-hydrogen) atoms. The summed E-state index contributed by atoms with van der Waals surface area (Å²) in [4.78, 5) is 15.5. The Morgan fingerprint density at radius 1 is 0.676 bits per heavy atom. The van der Waals surface area contributed by atoms with Gasteiger partial charge in [0.2, 0.25) is 5.95 Å². The Kier molecular flexibility index (Phi) is 7.00. The van der Waals surface area contributed by atoms with Crippen molar-refractivity contribution in [3.05, 3.63) is 86.8 Å². The van der Waals surface area contributed by atoms with Crippen molar-refractivity contribution in [2.75, 3.05) is 5.32 Å². The first-order chi connectivity index (χ1) is 16.8. The number of halogens is 12. The van der Waals surface area contributed by atoms with Crippen molar-refractivity contribution in [3.63, 3.8) is 0 Å². The molecule has 16 heteroatoms. The first kappa shape index (κ1) is 27.9. The van der Waals surface area contributed by atoms with Crippen LogP contribution in [0.4, 0.5) is 64.3 Å². The summed E-state index contributed by atoms with van der Waals surface area (Å²) in [6.07, 6.45) is -20.4. The zero-order valence-corrected chi connectivity index (χ0v) is 17.7. The normalized spacial score (nSPS) is 13.1. The maximum absolute atomic E-state index is 13.4. The summed E-state index contributed by atoms with van der Waals surface area (Å²) in [5.41, 5.74) is -9.25. The Labute approximate surface area is 198 Å². The van der Waals surface area contributed by atoms with Gasteiger partial charge in [-0.1, -0.05) is 12.1 Å². The average Bonchev–Trinajstić information content (AvgIpc) is 2.73. The number of nitrogens with one attached hydrogen (secondary N) is 1. The molecule has 0 fully saturated rings. The summed E-state index contributed by atoms with van der Waals surface area (Å²) in [6.45, 7) is -0.787. The molecule has 0 spiro atoms. The molecule has 1 aromatic heterocycles. The SMILES string of the molecule is O=c1cc(C(F)(F)F)nc(Nc2cc(C(F)(F)F)ccc2C(F)(F)F)n1Cc1ccc(C(F)(F)F)cc1. The largest absolute Gasteiger partial charge is 0.433 e. The van der Waals surface area contributed by atoms with Crippen molar-refractivity contribution in [2.24, 2.45) is 0 Å². The molecule has 4 nitrogen and oxygen atoms in total. The molecule has 3 rings (SSSR count). The third kappa shape index (κ3) is 6.54. The molecule has 1 N–H and O–H groups in total. The van der Waals surface area contributed by atoms with Gasteiger partial charge in [-0.2, -0.15) is 52.7 Å². The summed E-state index contributed by atoms with van der Waals surface area (Å²) >= 11 is 0. The Bertz CT molecular complexity index is 1330. The number of hydrogen-bond acceptors (Lipinski definition) is 3. The van der Waals surface area contributed by atoms with Gasteiger partial charge in [0, 0.05) is 6.07 Å². The monoisotopic (exact) mass is 549 g/mol. The molecular weight excluding hydrogens is 538 g/mol. The van der Waals surface area contributed by atoms with Crippen molar-refractivity contribution >= 4 is 11.6 Å². The molecule has 1 heterocycles. The Hall–Kier alpha value is -3.72. The van der Waals surface area contributed by atoms with E-state index in [0.29, 0.717) is 16.7 Å². The molecule has 0 radical (unpaired) electrons. The van der Waals surface area contributed by atoms with E-state index in [1.807, 2.05) is 0 Å². The second-order valence-corrected chi connectivity index (χ2v) is 7.46. The molecule has 0 aliphatic rings. The first-order valence-electron chi connectivity index (χ1n) is 9.67. The number of benzene rings is 2. The first-order valence-corrected chi connectivity index (χ1v) is 9.67. The van der Waals surface area contributed by atoms with Crippen LogP contribution in [0.25, 0.3) is 0 Å². The Morgan fingerprint density at radius 2 is 1.22 bits per heavy atom. The van der Waals surface area contributed by atoms with Gasteiger partial charge in [0.1, 0.15) is 0 Å². The summed E-state index contributed by atoms with van der Waals surface area (Å²) in [5.74, 6) is -1.23. The lowest BCUT2D eigenvalue weighted by atomic mass is 10.1. The van der Waals surface area contributed by atoms with Crippen molar-refractivity contribution in [1.82, 2.24) is 9.55 Å². The van der Waals surface area contributed by atoms with Crippen LogP contribution in [0.15, 0.2) is 53.3 Å². The number of alkyl halides is 12. The lowest BCUT2D eigenvalue weighted by Crippen LogP contribution is -2.27. The van der Waals surface area contributed by atoms with E-state index in [4.69, 9.17) is 0 Å². The van der Waals surface area contributed by atoms with Gasteiger partial charge in [-0.05, 0) is 35.9 Å². The summed E-state index contributed by atoms with van der Waals surface area (Å²) in [6, 6.07) is 2.95. The number of nitrogens with zero attached hydrogens (tertiary/aromatic N) is 2. The van der Waals surface area contributed by atoms with Gasteiger partial charge in [-0.25, -0.2) is 4.98 Å². The molecule has 0 saturated carbocycles. The molecule has 200 valence electrons. The lowest BCUT2D eigenvalue weighted by molar-refractivity contribution is -0.141. The van der Waals surface area contributed by atoms with Gasteiger partial charge >= 0.3 is 24.7 Å². The molecule has 0 unspecified atom stereocenters. The summed E-state index contributed by atoms with van der Waals surface area (Å²) in [7, 11) is 0. The van der Waals surface area contributed by atoms with E-state index in [-0.39, 0.29) is 29.8 Å². The van der Waals surface area contributed by atoms with Crippen LogP contribution in [0.1, 0.15) is 27.9 Å². The van der Waals surface area contributed by atoms with Gasteiger partial charge in [-0.3, -0.25) is 9.36 Å². The minimum absolute atomic E-state index is 0.0218. The highest BCUT2D eigenvalue weighted by Crippen LogP contribution is 2.40. The second-order valence-electron chi connectivity index (χ2n) is 7.46. The zero-order chi connectivity index (χ0) is 28.0. The third-order valence-corrected chi connectivity index (χ3v) is 4.82. The van der Waals surface area contributed by atoms with Crippen LogP contribution in [-0.4, -0.2) is 9.55 Å². The molecule has 0 amide bonds. The fourth-order valence-corrected chi connectivity index (χ4v) is 3.07. The molecule has 0 aliphatic heterocycles. The standard InChI is InChI=1S/C21H11F12N3O/c22-18(23,24)11-3-1-10(2-4-11)9-36-16(37)8-15(21(31,32)33)35-17(36)34-14-7-12(19(25,26)27)5-6-13(14)20(28,29)30/h1-8H,9H2,(H,34,35). The van der Waals surface area contributed by atoms with Gasteiger partial charge in [-0.15, -0.1) is 0 Å². The Morgan fingerprint density at radius 3 is 1.70 bits per heavy atom. The highest BCUT2D eigenvalue weighted by molar-refractivity contribution is 5.61. The number of anilines is 2. The van der Waals surface area contributed by atoms with Crippen LogP contribution in [-0.2, 0) is 31.2 Å². The van der Waals surface area contributed by atoms with E-state index in [1.165, 1.54) is 0 Å². The van der Waals surface area contributed by atoms with E-state index in [0.717, 1.165) is 12.1 Å². The van der Waals surface area contributed by atoms with Crippen LogP contribution < -0.4 is 10.9 Å². The highest BCUT2D eigenvalue weighted by atomic mass is 19.4. The molecule has 0 atom stereocenters. The van der Waals surface area contributed by atoms with E-state index < -0.39 is 70.8 Å². The van der Waals surface area contributed by atoms with Crippen LogP contribution in [0.5, 0.6) is 0 Å². The van der Waals surface area contributed by atoms with Crippen molar-refractivity contribution in [1.29, 1.82) is 0 Å². The molecule has 2 aromatic carbocycles. The van der Waals surface area contributed by atoms with Gasteiger partial charge in [0.05, 0.1) is 28.9 Å². The topological polar surface area (TPSA) is 46.9 Å². The van der Waals surface area contributed by atoms with E-state index in [1.54, 1.807) is 5.32 Å². The highest BCUT2D eigenvalue weighted by Gasteiger charge is 2.38. The van der Waals surface area contributed by atoms with Crippen LogP contribution in [0.3, 0.4) is 0 Å². The van der Waals surface area contributed by atoms with Crippen molar-refractivity contribution in [2.45, 2.75) is 31.2 Å². The molecule has 0 bridgehead atoms. The summed E-state index contributed by atoms with van der Waals surface area (Å²) < 4.78 is 158.